The number of thiophene rings is 1. The molecule has 0 aliphatic carbocycles. The number of rotatable bonds is 10. The number of methoxy groups -OCH3 is 1. The SMILES string of the molecule is C=CC(=O)Nc1cc(Nc2nc(-c3cn(C)c4ccc(C)cc34)c3sccc3n2)c(OC)cc1N(C)CCN(C)C. The smallest absolute Gasteiger partial charge is 0.247 e. The molecule has 0 atom stereocenters. The van der Waals surface area contributed by atoms with Gasteiger partial charge in [0.2, 0.25) is 11.9 Å². The van der Waals surface area contributed by atoms with Crippen molar-refractivity contribution in [1.82, 2.24) is 19.4 Å². The Kier molecular flexibility index (Phi) is 7.96. The lowest BCUT2D eigenvalue weighted by Gasteiger charge is -2.26. The molecule has 0 radical (unpaired) electrons. The highest BCUT2D eigenvalue weighted by atomic mass is 32.1. The lowest BCUT2D eigenvalue weighted by Crippen LogP contribution is -2.29. The summed E-state index contributed by atoms with van der Waals surface area (Å²) >= 11 is 1.62. The molecule has 0 spiro atoms. The molecule has 0 unspecified atom stereocenters. The summed E-state index contributed by atoms with van der Waals surface area (Å²) in [5.41, 5.74) is 7.18. The number of hydrogen-bond acceptors (Lipinski definition) is 8. The van der Waals surface area contributed by atoms with Crippen LogP contribution in [-0.4, -0.2) is 66.7 Å². The van der Waals surface area contributed by atoms with E-state index >= 15 is 0 Å². The van der Waals surface area contributed by atoms with E-state index < -0.39 is 0 Å². The zero-order valence-electron chi connectivity index (χ0n) is 24.3. The molecule has 9 nitrogen and oxygen atoms in total. The average molecular weight is 570 g/mol. The van der Waals surface area contributed by atoms with Crippen molar-refractivity contribution >= 4 is 61.4 Å². The third-order valence-corrected chi connectivity index (χ3v) is 7.92. The lowest BCUT2D eigenvalue weighted by molar-refractivity contribution is -0.111. The highest BCUT2D eigenvalue weighted by molar-refractivity contribution is 7.17. The van der Waals surface area contributed by atoms with E-state index in [-0.39, 0.29) is 5.91 Å². The molecule has 0 aliphatic rings. The van der Waals surface area contributed by atoms with Gasteiger partial charge in [-0.25, -0.2) is 9.97 Å². The van der Waals surface area contributed by atoms with Crippen LogP contribution in [0.2, 0.25) is 0 Å². The van der Waals surface area contributed by atoms with Crippen LogP contribution in [0, 0.1) is 6.92 Å². The summed E-state index contributed by atoms with van der Waals surface area (Å²) in [5, 5.41) is 9.50. The highest BCUT2D eigenvalue weighted by Crippen LogP contribution is 2.40. The molecule has 1 amide bonds. The molecular formula is C31H35N7O2S. The van der Waals surface area contributed by atoms with Crippen LogP contribution in [0.15, 0.2) is 60.6 Å². The minimum absolute atomic E-state index is 0.298. The minimum atomic E-state index is -0.298. The fourth-order valence-electron chi connectivity index (χ4n) is 4.82. The van der Waals surface area contributed by atoms with E-state index in [1.165, 1.54) is 11.6 Å². The molecule has 0 fully saturated rings. The number of aromatic nitrogens is 3. The number of hydrogen-bond donors (Lipinski definition) is 2. The van der Waals surface area contributed by atoms with Gasteiger partial charge in [-0.3, -0.25) is 4.79 Å². The molecule has 5 aromatic rings. The number of carbonyl (C=O) groups excluding carboxylic acids is 1. The largest absolute Gasteiger partial charge is 0.494 e. The third kappa shape index (κ3) is 5.75. The van der Waals surface area contributed by atoms with Crippen LogP contribution < -0.4 is 20.3 Å². The maximum atomic E-state index is 12.4. The summed E-state index contributed by atoms with van der Waals surface area (Å²) in [6.45, 7) is 7.31. The lowest BCUT2D eigenvalue weighted by atomic mass is 10.1. The summed E-state index contributed by atoms with van der Waals surface area (Å²) in [5.74, 6) is 0.737. The van der Waals surface area contributed by atoms with Crippen molar-refractivity contribution in [1.29, 1.82) is 0 Å². The van der Waals surface area contributed by atoms with Gasteiger partial charge in [-0.05, 0) is 56.7 Å². The Hall–Kier alpha value is -4.41. The monoisotopic (exact) mass is 569 g/mol. The van der Waals surface area contributed by atoms with Crippen LogP contribution in [0.1, 0.15) is 5.56 Å². The summed E-state index contributed by atoms with van der Waals surface area (Å²) in [6.07, 6.45) is 3.38. The van der Waals surface area contributed by atoms with E-state index in [9.17, 15) is 4.79 Å². The van der Waals surface area contributed by atoms with Crippen LogP contribution >= 0.6 is 11.3 Å². The number of anilines is 4. The molecule has 0 saturated carbocycles. The molecule has 3 aromatic heterocycles. The number of amides is 1. The normalized spacial score (nSPS) is 11.3. The van der Waals surface area contributed by atoms with Gasteiger partial charge in [0.05, 0.1) is 40.1 Å². The second-order valence-corrected chi connectivity index (χ2v) is 11.2. The van der Waals surface area contributed by atoms with Crippen molar-refractivity contribution in [2.75, 3.05) is 56.9 Å². The Labute approximate surface area is 244 Å². The number of likely N-dealkylation sites (N-methyl/N-ethyl adjacent to an activating group) is 2. The van der Waals surface area contributed by atoms with Gasteiger partial charge < -0.3 is 29.7 Å². The van der Waals surface area contributed by atoms with Crippen LogP contribution in [0.5, 0.6) is 5.75 Å². The van der Waals surface area contributed by atoms with Gasteiger partial charge in [-0.1, -0.05) is 18.2 Å². The molecule has 0 bridgehead atoms. The summed E-state index contributed by atoms with van der Waals surface area (Å²) in [7, 11) is 9.72. The topological polar surface area (TPSA) is 87.5 Å². The van der Waals surface area contributed by atoms with Crippen molar-refractivity contribution in [2.24, 2.45) is 7.05 Å². The van der Waals surface area contributed by atoms with Crippen LogP contribution in [0.4, 0.5) is 23.0 Å². The molecule has 41 heavy (non-hydrogen) atoms. The van der Waals surface area contributed by atoms with Gasteiger partial charge in [0.1, 0.15) is 5.75 Å². The third-order valence-electron chi connectivity index (χ3n) is 7.01. The number of benzene rings is 2. The van der Waals surface area contributed by atoms with E-state index in [4.69, 9.17) is 14.7 Å². The fraction of sp³-hybridized carbons (Fsp3) is 0.258. The molecule has 0 saturated heterocycles. The predicted octanol–water partition coefficient (Wildman–Crippen LogP) is 6.03. The highest BCUT2D eigenvalue weighted by Gasteiger charge is 2.19. The Morgan fingerprint density at radius 1 is 1.12 bits per heavy atom. The number of ether oxygens (including phenoxy) is 1. The Morgan fingerprint density at radius 3 is 2.66 bits per heavy atom. The molecular weight excluding hydrogens is 534 g/mol. The van der Waals surface area contributed by atoms with Crippen molar-refractivity contribution in [3.8, 4) is 17.0 Å². The van der Waals surface area contributed by atoms with E-state index in [2.05, 4.69) is 62.9 Å². The van der Waals surface area contributed by atoms with Gasteiger partial charge in [0, 0.05) is 55.9 Å². The van der Waals surface area contributed by atoms with E-state index in [0.29, 0.717) is 23.1 Å². The maximum absolute atomic E-state index is 12.4. The zero-order chi connectivity index (χ0) is 29.3. The number of aryl methyl sites for hydroxylation is 2. The molecule has 3 heterocycles. The Bertz CT molecular complexity index is 1750. The molecule has 10 heteroatoms. The molecule has 212 valence electrons. The summed E-state index contributed by atoms with van der Waals surface area (Å²) in [4.78, 5) is 26.4. The fourth-order valence-corrected chi connectivity index (χ4v) is 5.66. The van der Waals surface area contributed by atoms with Crippen LogP contribution in [0.25, 0.3) is 32.4 Å². The first-order chi connectivity index (χ1) is 19.7. The molecule has 0 aliphatic heterocycles. The van der Waals surface area contributed by atoms with Gasteiger partial charge >= 0.3 is 0 Å². The van der Waals surface area contributed by atoms with Gasteiger partial charge in [-0.2, -0.15) is 0 Å². The van der Waals surface area contributed by atoms with E-state index in [0.717, 1.165) is 51.2 Å². The van der Waals surface area contributed by atoms with Crippen molar-refractivity contribution in [2.45, 2.75) is 6.92 Å². The van der Waals surface area contributed by atoms with Gasteiger partial charge in [-0.15, -0.1) is 11.3 Å². The quantitative estimate of drug-likeness (QED) is 0.199. The van der Waals surface area contributed by atoms with E-state index in [1.54, 1.807) is 18.4 Å². The number of nitrogens with zero attached hydrogens (tertiary/aromatic N) is 5. The second-order valence-electron chi connectivity index (χ2n) is 10.3. The first kappa shape index (κ1) is 28.1. The summed E-state index contributed by atoms with van der Waals surface area (Å²) in [6, 6.07) is 12.2. The average Bonchev–Trinajstić information content (AvgIpc) is 3.55. The minimum Gasteiger partial charge on any atom is -0.494 e. The number of carbonyl (C=O) groups is 1. The van der Waals surface area contributed by atoms with Gasteiger partial charge in [0.15, 0.2) is 0 Å². The number of fused-ring (bicyclic) bond motifs is 2. The first-order valence-electron chi connectivity index (χ1n) is 13.3. The first-order valence-corrected chi connectivity index (χ1v) is 14.2. The maximum Gasteiger partial charge on any atom is 0.247 e. The van der Waals surface area contributed by atoms with Crippen LogP contribution in [-0.2, 0) is 11.8 Å². The Balaban J connectivity index is 1.60. The standard InChI is InChI=1S/C31H35N7O2S/c1-8-28(39)32-23-16-24(27(40-7)17-26(23)37(5)13-12-36(3)4)34-31-33-22-11-14-41-30(22)29(35-31)21-18-38(6)25-10-9-19(2)15-20(21)25/h8-11,14-18H,1,12-13H2,2-7H3,(H,32,39)(H,33,34,35). The van der Waals surface area contributed by atoms with E-state index in [1.807, 2.05) is 51.8 Å². The van der Waals surface area contributed by atoms with Crippen molar-refractivity contribution in [3.63, 3.8) is 0 Å². The molecule has 5 rings (SSSR count). The Morgan fingerprint density at radius 2 is 1.93 bits per heavy atom. The van der Waals surface area contributed by atoms with Crippen molar-refractivity contribution < 1.29 is 9.53 Å². The predicted molar refractivity (Wildman–Crippen MR) is 171 cm³/mol. The second kappa shape index (κ2) is 11.6. The zero-order valence-corrected chi connectivity index (χ0v) is 25.1. The van der Waals surface area contributed by atoms with Crippen molar-refractivity contribution in [3.05, 3.63) is 66.2 Å². The molecule has 2 aromatic carbocycles. The van der Waals surface area contributed by atoms with Gasteiger partial charge in [0.25, 0.3) is 0 Å². The number of nitrogens with one attached hydrogen (secondary N) is 2. The molecule has 2 N–H and O–H groups in total. The van der Waals surface area contributed by atoms with Crippen LogP contribution in [0.3, 0.4) is 0 Å². The summed E-state index contributed by atoms with van der Waals surface area (Å²) < 4.78 is 8.94.